The Kier molecular flexibility index (Phi) is 10.6. The molecule has 2 heterocycles. The molecule has 5 atom stereocenters. The van der Waals surface area contributed by atoms with E-state index in [0.717, 1.165) is 22.3 Å². The zero-order valence-corrected chi connectivity index (χ0v) is 27.7. The van der Waals surface area contributed by atoms with Crippen LogP contribution in [0.2, 0.25) is 0 Å². The number of aliphatic hydroxyl groups is 1. The van der Waals surface area contributed by atoms with Gasteiger partial charge in [0.2, 0.25) is 11.8 Å². The number of aromatic nitrogens is 1. The molecule has 10 nitrogen and oxygen atoms in total. The Labute approximate surface area is 272 Å². The van der Waals surface area contributed by atoms with Crippen LogP contribution in [0.3, 0.4) is 0 Å². The van der Waals surface area contributed by atoms with E-state index >= 15 is 0 Å². The van der Waals surface area contributed by atoms with E-state index in [9.17, 15) is 18.9 Å². The van der Waals surface area contributed by atoms with E-state index in [1.807, 2.05) is 98.6 Å². The standard InChI is InChI=1S/C35H46N6O4S/c1-35(2,3)39-34(44)30-22-40(21-26-12-9-15-37-20-26)16-17-41(30)24-46(36,45)23-28(18-25-10-5-4-6-11-25)33(43)38-32-29-14-8-7-13-27(29)19-31(32)42/h4-15,20,28,30-32,36,42H,16-19,21-24H2,1-3H3,(H,38,43)(H,39,44)/t28-,30+,31-,32+,46?/m1/s1. The highest BCUT2D eigenvalue weighted by Gasteiger charge is 2.38. The predicted molar refractivity (Wildman–Crippen MR) is 179 cm³/mol. The molecule has 46 heavy (non-hydrogen) atoms. The van der Waals surface area contributed by atoms with Crippen LogP contribution in [0.1, 0.15) is 49.1 Å². The lowest BCUT2D eigenvalue weighted by atomic mass is 9.99. The lowest BCUT2D eigenvalue weighted by Crippen LogP contribution is -2.61. The molecule has 2 aromatic carbocycles. The highest BCUT2D eigenvalue weighted by molar-refractivity contribution is 7.92. The first-order valence-electron chi connectivity index (χ1n) is 15.9. The summed E-state index contributed by atoms with van der Waals surface area (Å²) < 4.78 is 23.2. The van der Waals surface area contributed by atoms with Crippen LogP contribution in [0.4, 0.5) is 0 Å². The van der Waals surface area contributed by atoms with Crippen LogP contribution in [-0.2, 0) is 38.7 Å². The predicted octanol–water partition coefficient (Wildman–Crippen LogP) is 3.12. The van der Waals surface area contributed by atoms with E-state index in [2.05, 4.69) is 20.5 Å². The average Bonchev–Trinajstić information content (AvgIpc) is 3.32. The summed E-state index contributed by atoms with van der Waals surface area (Å²) in [5.41, 5.74) is 3.35. The van der Waals surface area contributed by atoms with E-state index < -0.39 is 39.4 Å². The molecule has 1 aliphatic heterocycles. The Morgan fingerprint density at radius 3 is 2.48 bits per heavy atom. The molecule has 2 aliphatic rings. The van der Waals surface area contributed by atoms with E-state index in [1.54, 1.807) is 6.20 Å². The van der Waals surface area contributed by atoms with Crippen molar-refractivity contribution in [2.45, 2.75) is 63.9 Å². The van der Waals surface area contributed by atoms with Gasteiger partial charge in [0.25, 0.3) is 0 Å². The number of piperazine rings is 1. The third kappa shape index (κ3) is 9.00. The van der Waals surface area contributed by atoms with Crippen molar-refractivity contribution in [2.24, 2.45) is 5.92 Å². The quantitative estimate of drug-likeness (QED) is 0.251. The minimum Gasteiger partial charge on any atom is -0.390 e. The Morgan fingerprint density at radius 1 is 1.04 bits per heavy atom. The number of amides is 2. The number of carbonyl (C=O) groups is 2. The summed E-state index contributed by atoms with van der Waals surface area (Å²) in [5, 5.41) is 16.9. The van der Waals surface area contributed by atoms with E-state index in [1.165, 1.54) is 0 Å². The largest absolute Gasteiger partial charge is 0.390 e. The summed E-state index contributed by atoms with van der Waals surface area (Å²) in [6.07, 6.45) is 3.54. The van der Waals surface area contributed by atoms with Crippen molar-refractivity contribution in [1.82, 2.24) is 25.4 Å². The first-order valence-corrected chi connectivity index (χ1v) is 17.8. The highest BCUT2D eigenvalue weighted by Crippen LogP contribution is 2.32. The summed E-state index contributed by atoms with van der Waals surface area (Å²) in [6, 6.07) is 19.9. The molecule has 0 spiro atoms. The normalized spacial score (nSPS) is 22.4. The monoisotopic (exact) mass is 646 g/mol. The first-order chi connectivity index (χ1) is 21.9. The molecule has 4 N–H and O–H groups in total. The number of hydrogen-bond acceptors (Lipinski definition) is 8. The number of carbonyl (C=O) groups excluding carboxylic acids is 2. The third-order valence-corrected chi connectivity index (χ3v) is 10.2. The Bertz CT molecular complexity index is 1600. The smallest absolute Gasteiger partial charge is 0.239 e. The van der Waals surface area contributed by atoms with Crippen LogP contribution < -0.4 is 10.6 Å². The van der Waals surface area contributed by atoms with Gasteiger partial charge in [0.1, 0.15) is 6.04 Å². The average molecular weight is 647 g/mol. The zero-order valence-electron chi connectivity index (χ0n) is 26.9. The fourth-order valence-electron chi connectivity index (χ4n) is 6.42. The van der Waals surface area contributed by atoms with Crippen LogP contribution in [0.5, 0.6) is 0 Å². The van der Waals surface area contributed by atoms with Gasteiger partial charge >= 0.3 is 0 Å². The third-order valence-electron chi connectivity index (χ3n) is 8.55. The summed E-state index contributed by atoms with van der Waals surface area (Å²) >= 11 is 0. The molecule has 0 radical (unpaired) electrons. The summed E-state index contributed by atoms with van der Waals surface area (Å²) in [7, 11) is -3.35. The van der Waals surface area contributed by atoms with Crippen LogP contribution >= 0.6 is 0 Å². The second kappa shape index (κ2) is 14.4. The number of rotatable bonds is 11. The van der Waals surface area contributed by atoms with Gasteiger partial charge in [0.05, 0.1) is 33.7 Å². The number of benzene rings is 2. The van der Waals surface area contributed by atoms with Gasteiger partial charge in [0, 0.05) is 56.3 Å². The van der Waals surface area contributed by atoms with Gasteiger partial charge < -0.3 is 15.7 Å². The lowest BCUT2D eigenvalue weighted by Gasteiger charge is -2.41. The summed E-state index contributed by atoms with van der Waals surface area (Å²) in [6.45, 7) is 7.91. The van der Waals surface area contributed by atoms with E-state index in [4.69, 9.17) is 4.78 Å². The van der Waals surface area contributed by atoms with Gasteiger partial charge in [-0.15, -0.1) is 0 Å². The number of nitrogens with zero attached hydrogens (tertiary/aromatic N) is 3. The van der Waals surface area contributed by atoms with Gasteiger partial charge in [-0.25, -0.2) is 4.21 Å². The van der Waals surface area contributed by atoms with Gasteiger partial charge in [-0.05, 0) is 55.5 Å². The molecule has 1 saturated heterocycles. The van der Waals surface area contributed by atoms with Crippen molar-refractivity contribution in [3.8, 4) is 0 Å². The molecule has 0 saturated carbocycles. The van der Waals surface area contributed by atoms with Crippen molar-refractivity contribution >= 4 is 21.5 Å². The summed E-state index contributed by atoms with van der Waals surface area (Å²) in [4.78, 5) is 35.7. The second-order valence-electron chi connectivity index (χ2n) is 13.6. The van der Waals surface area contributed by atoms with Gasteiger partial charge in [0.15, 0.2) is 0 Å². The number of nitrogens with one attached hydrogen (secondary N) is 3. The first kappa shape index (κ1) is 33.7. The molecule has 2 amide bonds. The van der Waals surface area contributed by atoms with Crippen LogP contribution in [0.25, 0.3) is 0 Å². The molecule has 1 aromatic heterocycles. The topological polar surface area (TPSA) is 139 Å². The highest BCUT2D eigenvalue weighted by atomic mass is 32.2. The number of pyridine rings is 1. The minimum atomic E-state index is -3.35. The van der Waals surface area contributed by atoms with Crippen LogP contribution in [0, 0.1) is 10.7 Å². The minimum absolute atomic E-state index is 0.122. The van der Waals surface area contributed by atoms with Gasteiger partial charge in [-0.1, -0.05) is 60.7 Å². The number of fused-ring (bicyclic) bond motifs is 1. The fourth-order valence-corrected chi connectivity index (χ4v) is 8.29. The maximum atomic E-state index is 14.1. The molecule has 0 bridgehead atoms. The number of hydrogen-bond donors (Lipinski definition) is 4. The van der Waals surface area contributed by atoms with E-state index in [0.29, 0.717) is 39.0 Å². The van der Waals surface area contributed by atoms with Crippen molar-refractivity contribution in [3.63, 3.8) is 0 Å². The molecule has 11 heteroatoms. The molecular weight excluding hydrogens is 600 g/mol. The molecule has 3 aromatic rings. The van der Waals surface area contributed by atoms with Crippen molar-refractivity contribution in [1.29, 1.82) is 4.78 Å². The Balaban J connectivity index is 1.33. The number of aliphatic hydroxyl groups excluding tert-OH is 1. The van der Waals surface area contributed by atoms with Crippen LogP contribution in [0.15, 0.2) is 79.1 Å². The molecule has 1 unspecified atom stereocenters. The lowest BCUT2D eigenvalue weighted by molar-refractivity contribution is -0.130. The molecule has 5 rings (SSSR count). The van der Waals surface area contributed by atoms with Gasteiger partial charge in [-0.3, -0.25) is 29.2 Å². The Morgan fingerprint density at radius 2 is 1.76 bits per heavy atom. The van der Waals surface area contributed by atoms with Gasteiger partial charge in [-0.2, -0.15) is 0 Å². The maximum Gasteiger partial charge on any atom is 0.239 e. The van der Waals surface area contributed by atoms with Crippen LogP contribution in [-0.4, -0.2) is 84.9 Å². The fraction of sp³-hybridized carbons (Fsp3) is 0.457. The van der Waals surface area contributed by atoms with E-state index in [-0.39, 0.29) is 23.4 Å². The zero-order chi connectivity index (χ0) is 32.9. The molecule has 1 fully saturated rings. The molecular formula is C35H46N6O4S. The molecule has 246 valence electrons. The Hall–Kier alpha value is -3.64. The van der Waals surface area contributed by atoms with Crippen molar-refractivity contribution < 1.29 is 18.9 Å². The SMILES string of the molecule is CC(C)(C)NC(=O)[C@@H]1CN(Cc2cccnc2)CCN1CS(=N)(=O)C[C@@H](Cc1ccccc1)C(=O)N[C@H]1c2ccccc2C[C@H]1O. The molecule has 1 aliphatic carbocycles. The summed E-state index contributed by atoms with van der Waals surface area (Å²) in [5.74, 6) is -1.56. The maximum absolute atomic E-state index is 14.1. The van der Waals surface area contributed by atoms with Crippen molar-refractivity contribution in [3.05, 3.63) is 101 Å². The van der Waals surface area contributed by atoms with Crippen molar-refractivity contribution in [2.75, 3.05) is 31.3 Å². The second-order valence-corrected chi connectivity index (χ2v) is 15.8.